The van der Waals surface area contributed by atoms with Crippen molar-refractivity contribution in [3.05, 3.63) is 53.7 Å². The molecule has 124 valence electrons. The molecule has 0 unspecified atom stereocenters. The summed E-state index contributed by atoms with van der Waals surface area (Å²) in [6.45, 7) is 4.88. The van der Waals surface area contributed by atoms with Crippen LogP contribution in [0.3, 0.4) is 0 Å². The lowest BCUT2D eigenvalue weighted by molar-refractivity contribution is 0.867. The highest BCUT2D eigenvalue weighted by Gasteiger charge is 2.01. The van der Waals surface area contributed by atoms with Crippen LogP contribution >= 0.6 is 35.7 Å². The van der Waals surface area contributed by atoms with Gasteiger partial charge < -0.3 is 11.1 Å². The molecule has 0 aliphatic heterocycles. The molecule has 2 rings (SSSR count). The number of pyridine rings is 1. The fourth-order valence-electron chi connectivity index (χ4n) is 2.00. The number of halogens is 1. The number of guanidine groups is 1. The lowest BCUT2D eigenvalue weighted by atomic mass is 10.0. The summed E-state index contributed by atoms with van der Waals surface area (Å²) in [7, 11) is 0. The van der Waals surface area contributed by atoms with Gasteiger partial charge in [-0.3, -0.25) is 0 Å². The maximum atomic E-state index is 5.97. The van der Waals surface area contributed by atoms with E-state index in [-0.39, 0.29) is 24.0 Å². The van der Waals surface area contributed by atoms with Crippen molar-refractivity contribution in [3.8, 4) is 0 Å². The predicted octanol–water partition coefficient (Wildman–Crippen LogP) is 4.47. The van der Waals surface area contributed by atoms with E-state index in [2.05, 4.69) is 41.3 Å². The lowest BCUT2D eigenvalue weighted by Gasteiger charge is -2.10. The van der Waals surface area contributed by atoms with Crippen molar-refractivity contribution < 1.29 is 0 Å². The van der Waals surface area contributed by atoms with Crippen molar-refractivity contribution in [3.63, 3.8) is 0 Å². The number of anilines is 1. The van der Waals surface area contributed by atoms with Gasteiger partial charge in [-0.2, -0.15) is 0 Å². The number of aliphatic imine (C=N–C) groups is 1. The van der Waals surface area contributed by atoms with Gasteiger partial charge in [-0.25, -0.2) is 9.98 Å². The molecule has 0 aliphatic carbocycles. The third kappa shape index (κ3) is 6.39. The molecular formula is C17H23IN4S. The van der Waals surface area contributed by atoms with Crippen LogP contribution in [0.1, 0.15) is 30.9 Å². The Hall–Kier alpha value is -1.28. The lowest BCUT2D eigenvalue weighted by Crippen LogP contribution is -2.22. The number of aromatic nitrogens is 1. The summed E-state index contributed by atoms with van der Waals surface area (Å²) < 4.78 is 0. The van der Waals surface area contributed by atoms with Gasteiger partial charge in [0.2, 0.25) is 0 Å². The molecule has 1 aromatic heterocycles. The Morgan fingerprint density at radius 2 is 2.09 bits per heavy atom. The van der Waals surface area contributed by atoms with E-state index in [9.17, 15) is 0 Å². The van der Waals surface area contributed by atoms with E-state index in [0.717, 1.165) is 16.3 Å². The first-order valence-corrected chi connectivity index (χ1v) is 8.47. The van der Waals surface area contributed by atoms with Crippen LogP contribution in [0.15, 0.2) is 52.6 Å². The molecule has 2 aromatic rings. The van der Waals surface area contributed by atoms with Crippen molar-refractivity contribution in [2.75, 3.05) is 11.6 Å². The maximum Gasteiger partial charge on any atom is 0.193 e. The number of hydrogen-bond donors (Lipinski definition) is 2. The molecule has 1 aromatic carbocycles. The number of nitrogens with two attached hydrogens (primary N) is 1. The first-order valence-electron chi connectivity index (χ1n) is 7.24. The Balaban J connectivity index is 0.00000264. The average Bonchev–Trinajstić information content (AvgIpc) is 2.53. The average molecular weight is 442 g/mol. The molecule has 0 aliphatic rings. The molecule has 0 fully saturated rings. The molecule has 4 nitrogen and oxygen atoms in total. The molecule has 23 heavy (non-hydrogen) atoms. The smallest absolute Gasteiger partial charge is 0.193 e. The highest BCUT2D eigenvalue weighted by atomic mass is 127. The van der Waals surface area contributed by atoms with Gasteiger partial charge >= 0.3 is 0 Å². The minimum Gasteiger partial charge on any atom is -0.370 e. The maximum absolute atomic E-state index is 5.97. The highest BCUT2D eigenvalue weighted by Crippen LogP contribution is 2.18. The van der Waals surface area contributed by atoms with Crippen molar-refractivity contribution in [1.29, 1.82) is 0 Å². The first-order chi connectivity index (χ1) is 10.6. The molecule has 0 saturated heterocycles. The Morgan fingerprint density at radius 3 is 2.78 bits per heavy atom. The van der Waals surface area contributed by atoms with E-state index in [4.69, 9.17) is 5.73 Å². The minimum atomic E-state index is 0. The van der Waals surface area contributed by atoms with Gasteiger partial charge in [0.1, 0.15) is 0 Å². The summed E-state index contributed by atoms with van der Waals surface area (Å²) in [6.07, 6.45) is 3.80. The van der Waals surface area contributed by atoms with Crippen LogP contribution in [0.2, 0.25) is 0 Å². The van der Waals surface area contributed by atoms with Crippen LogP contribution in [0.5, 0.6) is 0 Å². The van der Waals surface area contributed by atoms with Crippen molar-refractivity contribution >= 4 is 47.4 Å². The van der Waals surface area contributed by atoms with Gasteiger partial charge in [0, 0.05) is 11.9 Å². The van der Waals surface area contributed by atoms with Crippen molar-refractivity contribution in [2.24, 2.45) is 10.7 Å². The summed E-state index contributed by atoms with van der Waals surface area (Å²) in [5, 5.41) is 4.13. The second-order valence-electron chi connectivity index (χ2n) is 5.31. The van der Waals surface area contributed by atoms with Crippen LogP contribution in [-0.2, 0) is 6.54 Å². The van der Waals surface area contributed by atoms with E-state index in [1.165, 1.54) is 5.56 Å². The summed E-state index contributed by atoms with van der Waals surface area (Å²) >= 11 is 1.62. The molecule has 0 atom stereocenters. The largest absolute Gasteiger partial charge is 0.370 e. The predicted molar refractivity (Wildman–Crippen MR) is 111 cm³/mol. The summed E-state index contributed by atoms with van der Waals surface area (Å²) in [5.41, 5.74) is 9.30. The SMILES string of the molecule is CSc1cc(CN=C(N)Nc2cccc(C(C)C)c2)ccn1.I. The molecule has 0 spiro atoms. The Morgan fingerprint density at radius 1 is 1.30 bits per heavy atom. The Labute approximate surface area is 159 Å². The third-order valence-corrected chi connectivity index (χ3v) is 3.91. The fraction of sp³-hybridized carbons (Fsp3) is 0.294. The molecule has 1 heterocycles. The van der Waals surface area contributed by atoms with Crippen LogP contribution in [-0.4, -0.2) is 17.2 Å². The van der Waals surface area contributed by atoms with E-state index in [0.29, 0.717) is 18.4 Å². The van der Waals surface area contributed by atoms with Gasteiger partial charge in [-0.15, -0.1) is 35.7 Å². The van der Waals surface area contributed by atoms with Gasteiger partial charge in [0.15, 0.2) is 5.96 Å². The number of rotatable bonds is 5. The van der Waals surface area contributed by atoms with Crippen molar-refractivity contribution in [1.82, 2.24) is 4.98 Å². The quantitative estimate of drug-likeness (QED) is 0.311. The second kappa shape index (κ2) is 9.77. The normalized spacial score (nSPS) is 11.2. The number of hydrogen-bond acceptors (Lipinski definition) is 3. The Kier molecular flexibility index (Phi) is 8.40. The molecule has 0 saturated carbocycles. The molecule has 0 amide bonds. The zero-order chi connectivity index (χ0) is 15.9. The molecular weight excluding hydrogens is 419 g/mol. The van der Waals surface area contributed by atoms with Crippen LogP contribution in [0.4, 0.5) is 5.69 Å². The summed E-state index contributed by atoms with van der Waals surface area (Å²) in [4.78, 5) is 8.63. The van der Waals surface area contributed by atoms with E-state index >= 15 is 0 Å². The van der Waals surface area contributed by atoms with E-state index in [1.54, 1.807) is 18.0 Å². The van der Waals surface area contributed by atoms with Gasteiger partial charge in [0.25, 0.3) is 0 Å². The molecule has 0 bridgehead atoms. The highest BCUT2D eigenvalue weighted by molar-refractivity contribution is 14.0. The van der Waals surface area contributed by atoms with Crippen LogP contribution < -0.4 is 11.1 Å². The van der Waals surface area contributed by atoms with Gasteiger partial charge in [-0.05, 0) is 47.6 Å². The number of nitrogens with one attached hydrogen (secondary N) is 1. The molecule has 0 radical (unpaired) electrons. The van der Waals surface area contributed by atoms with Crippen LogP contribution in [0, 0.1) is 0 Å². The van der Waals surface area contributed by atoms with Crippen LogP contribution in [0.25, 0.3) is 0 Å². The molecule has 3 N–H and O–H groups in total. The second-order valence-corrected chi connectivity index (χ2v) is 6.14. The standard InChI is InChI=1S/C17H22N4S.HI/c1-12(2)14-5-4-6-15(10-14)21-17(18)20-11-13-7-8-19-16(9-13)22-3;/h4-10,12H,11H2,1-3H3,(H3,18,20,21);1H. The number of benzene rings is 1. The van der Waals surface area contributed by atoms with E-state index < -0.39 is 0 Å². The topological polar surface area (TPSA) is 63.3 Å². The minimum absolute atomic E-state index is 0. The third-order valence-electron chi connectivity index (χ3n) is 3.27. The zero-order valence-electron chi connectivity index (χ0n) is 13.6. The first kappa shape index (κ1) is 19.8. The number of thioether (sulfide) groups is 1. The fourth-order valence-corrected chi connectivity index (χ4v) is 2.44. The van der Waals surface area contributed by atoms with Crippen molar-refractivity contribution in [2.45, 2.75) is 31.3 Å². The Bertz CT molecular complexity index is 659. The summed E-state index contributed by atoms with van der Waals surface area (Å²) in [5.74, 6) is 0.908. The summed E-state index contributed by atoms with van der Waals surface area (Å²) in [6, 6.07) is 12.2. The van der Waals surface area contributed by atoms with Gasteiger partial charge in [0.05, 0.1) is 11.6 Å². The number of nitrogens with zero attached hydrogens (tertiary/aromatic N) is 2. The molecule has 6 heteroatoms. The van der Waals surface area contributed by atoms with Gasteiger partial charge in [-0.1, -0.05) is 26.0 Å². The zero-order valence-corrected chi connectivity index (χ0v) is 16.8. The monoisotopic (exact) mass is 442 g/mol. The van der Waals surface area contributed by atoms with E-state index in [1.807, 2.05) is 30.5 Å².